The maximum Gasteiger partial charge on any atom is 0.139 e. The van der Waals surface area contributed by atoms with Crippen molar-refractivity contribution in [2.45, 2.75) is 53.5 Å². The monoisotopic (exact) mass is 422 g/mol. The van der Waals surface area contributed by atoms with Gasteiger partial charge in [-0.25, -0.2) is 4.39 Å². The van der Waals surface area contributed by atoms with Gasteiger partial charge in [0.1, 0.15) is 11.6 Å². The van der Waals surface area contributed by atoms with Crippen molar-refractivity contribution in [3.8, 4) is 11.1 Å². The minimum atomic E-state index is -0.387. The normalized spacial score (nSPS) is 35.1. The Labute approximate surface area is 186 Å². The number of halogens is 1. The summed E-state index contributed by atoms with van der Waals surface area (Å²) < 4.78 is 14.0. The highest BCUT2D eigenvalue weighted by Crippen LogP contribution is 2.59. The number of Topliss-reactive ketones (excluding diaryl/α,β-unsaturated/α-hetero) is 1. The number of fused-ring (bicyclic) bond motifs is 1. The number of hydrogen-bond acceptors (Lipinski definition) is 3. The van der Waals surface area contributed by atoms with Crippen LogP contribution in [0.5, 0.6) is 0 Å². The Morgan fingerprint density at radius 2 is 1.87 bits per heavy atom. The fourth-order valence-corrected chi connectivity index (χ4v) is 6.04. The predicted octanol–water partition coefficient (Wildman–Crippen LogP) is 6.14. The fraction of sp³-hybridized carbons (Fsp3) is 0.481. The molecule has 6 unspecified atom stereocenters. The molecule has 166 valence electrons. The van der Waals surface area contributed by atoms with Gasteiger partial charge in [0.15, 0.2) is 0 Å². The van der Waals surface area contributed by atoms with Crippen LogP contribution in [-0.2, 0) is 4.79 Å². The SMILES string of the molecule is C.CC1CC(=O)C2(C)CC(C)(N)C(C)C(/C=C/c3ccc(-c4ccccc4F)cn3)C12. The van der Waals surface area contributed by atoms with Crippen molar-refractivity contribution in [3.63, 3.8) is 0 Å². The van der Waals surface area contributed by atoms with Crippen LogP contribution >= 0.6 is 0 Å². The highest BCUT2D eigenvalue weighted by Gasteiger charge is 2.60. The molecular formula is C27H35FN2O. The van der Waals surface area contributed by atoms with E-state index in [1.165, 1.54) is 6.07 Å². The van der Waals surface area contributed by atoms with Crippen molar-refractivity contribution in [2.75, 3.05) is 0 Å². The second-order valence-electron chi connectivity index (χ2n) is 9.91. The molecule has 2 N–H and O–H groups in total. The molecule has 1 heterocycles. The van der Waals surface area contributed by atoms with Crippen LogP contribution in [0.2, 0.25) is 0 Å². The Kier molecular flexibility index (Phi) is 6.25. The van der Waals surface area contributed by atoms with Gasteiger partial charge >= 0.3 is 0 Å². The molecule has 4 heteroatoms. The van der Waals surface area contributed by atoms with Crippen LogP contribution in [0.25, 0.3) is 17.2 Å². The van der Waals surface area contributed by atoms with E-state index >= 15 is 0 Å². The summed E-state index contributed by atoms with van der Waals surface area (Å²) >= 11 is 0. The summed E-state index contributed by atoms with van der Waals surface area (Å²) in [5.41, 5.74) is 8.08. The first-order chi connectivity index (χ1) is 14.1. The summed E-state index contributed by atoms with van der Waals surface area (Å²) in [6.07, 6.45) is 7.34. The van der Waals surface area contributed by atoms with E-state index in [0.717, 1.165) is 17.7 Å². The molecular weight excluding hydrogens is 387 g/mol. The number of benzene rings is 1. The van der Waals surface area contributed by atoms with E-state index in [2.05, 4.69) is 38.8 Å². The smallest absolute Gasteiger partial charge is 0.139 e. The molecule has 4 rings (SSSR count). The van der Waals surface area contributed by atoms with E-state index in [9.17, 15) is 9.18 Å². The molecule has 2 aliphatic carbocycles. The van der Waals surface area contributed by atoms with Crippen LogP contribution in [0.4, 0.5) is 4.39 Å². The van der Waals surface area contributed by atoms with Gasteiger partial charge in [-0.3, -0.25) is 9.78 Å². The molecule has 0 amide bonds. The van der Waals surface area contributed by atoms with Crippen LogP contribution in [0.3, 0.4) is 0 Å². The Balaban J connectivity index is 0.00000272. The van der Waals surface area contributed by atoms with Crippen LogP contribution in [-0.4, -0.2) is 16.3 Å². The average molecular weight is 423 g/mol. The van der Waals surface area contributed by atoms with Crippen molar-refractivity contribution in [3.05, 3.63) is 60.2 Å². The van der Waals surface area contributed by atoms with Crippen molar-refractivity contribution >= 4 is 11.9 Å². The standard InChI is InChI=1S/C26H31FN2O.CH4/c1-16-13-23(30)25(3)15-26(4,28)17(2)20(24(16)25)12-11-19-10-9-18(14-29-19)21-7-5-6-8-22(21)27;/h5-12,14,16-17,20,24H,13,15,28H2,1-4H3;1H4/b12-11+;. The highest BCUT2D eigenvalue weighted by atomic mass is 19.1. The lowest BCUT2D eigenvalue weighted by molar-refractivity contribution is -0.131. The molecule has 0 saturated heterocycles. The van der Waals surface area contributed by atoms with E-state index in [4.69, 9.17) is 5.73 Å². The molecule has 0 spiro atoms. The van der Waals surface area contributed by atoms with Crippen molar-refractivity contribution < 1.29 is 9.18 Å². The molecule has 2 aliphatic rings. The summed E-state index contributed by atoms with van der Waals surface area (Å²) in [6.45, 7) is 8.60. The fourth-order valence-electron chi connectivity index (χ4n) is 6.04. The number of rotatable bonds is 3. The zero-order chi connectivity index (χ0) is 21.7. The maximum atomic E-state index is 14.0. The van der Waals surface area contributed by atoms with Crippen LogP contribution in [0.1, 0.15) is 53.7 Å². The van der Waals surface area contributed by atoms with Gasteiger partial charge in [0.25, 0.3) is 0 Å². The largest absolute Gasteiger partial charge is 0.325 e. The van der Waals surface area contributed by atoms with E-state index < -0.39 is 0 Å². The number of pyridine rings is 1. The lowest BCUT2D eigenvalue weighted by atomic mass is 9.53. The number of nitrogens with two attached hydrogens (primary N) is 1. The molecule has 0 aliphatic heterocycles. The number of ketones is 1. The Bertz CT molecular complexity index is 981. The van der Waals surface area contributed by atoms with E-state index in [1.54, 1.807) is 18.3 Å². The van der Waals surface area contributed by atoms with Crippen molar-refractivity contribution in [1.82, 2.24) is 4.98 Å². The first-order valence-electron chi connectivity index (χ1n) is 10.8. The number of carbonyl (C=O) groups excluding carboxylic acids is 1. The third kappa shape index (κ3) is 3.98. The first-order valence-corrected chi connectivity index (χ1v) is 10.8. The third-order valence-electron chi connectivity index (χ3n) is 7.73. The molecule has 3 nitrogen and oxygen atoms in total. The van der Waals surface area contributed by atoms with Gasteiger partial charge in [0.05, 0.1) is 5.69 Å². The van der Waals surface area contributed by atoms with Crippen molar-refractivity contribution in [1.29, 1.82) is 0 Å². The zero-order valence-corrected chi connectivity index (χ0v) is 18.2. The van der Waals surface area contributed by atoms with Crippen molar-refractivity contribution in [2.24, 2.45) is 34.8 Å². The quantitative estimate of drug-likeness (QED) is 0.646. The van der Waals surface area contributed by atoms with Gasteiger partial charge in [0.2, 0.25) is 0 Å². The summed E-state index contributed by atoms with van der Waals surface area (Å²) in [6, 6.07) is 10.5. The maximum absolute atomic E-state index is 14.0. The molecule has 1 aromatic heterocycles. The first kappa shape index (κ1) is 23.3. The minimum absolute atomic E-state index is 0. The molecule has 0 radical (unpaired) electrons. The van der Waals surface area contributed by atoms with Crippen LogP contribution in [0, 0.1) is 34.9 Å². The molecule has 31 heavy (non-hydrogen) atoms. The second kappa shape index (κ2) is 8.31. The third-order valence-corrected chi connectivity index (χ3v) is 7.73. The van der Waals surface area contributed by atoms with E-state index in [0.29, 0.717) is 29.6 Å². The molecule has 2 fully saturated rings. The molecule has 2 saturated carbocycles. The van der Waals surface area contributed by atoms with Crippen LogP contribution in [0.15, 0.2) is 48.7 Å². The number of allylic oxidation sites excluding steroid dienone is 1. The second-order valence-corrected chi connectivity index (χ2v) is 9.91. The average Bonchev–Trinajstić information content (AvgIpc) is 2.91. The van der Waals surface area contributed by atoms with E-state index in [1.807, 2.05) is 24.3 Å². The highest BCUT2D eigenvalue weighted by molar-refractivity contribution is 5.88. The zero-order valence-electron chi connectivity index (χ0n) is 18.2. The minimum Gasteiger partial charge on any atom is -0.325 e. The topological polar surface area (TPSA) is 56.0 Å². The Morgan fingerprint density at radius 1 is 1.16 bits per heavy atom. The molecule has 0 bridgehead atoms. The lowest BCUT2D eigenvalue weighted by Crippen LogP contribution is -2.58. The summed E-state index contributed by atoms with van der Waals surface area (Å²) in [4.78, 5) is 17.4. The molecule has 2 aromatic rings. The number of carbonyl (C=O) groups is 1. The molecule has 6 atom stereocenters. The number of hydrogen-bond donors (Lipinski definition) is 1. The Morgan fingerprint density at radius 3 is 2.52 bits per heavy atom. The van der Waals surface area contributed by atoms with E-state index in [-0.39, 0.29) is 36.0 Å². The lowest BCUT2D eigenvalue weighted by Gasteiger charge is -2.53. The van der Waals surface area contributed by atoms with Gasteiger partial charge < -0.3 is 5.73 Å². The number of nitrogens with zero attached hydrogens (tertiary/aromatic N) is 1. The van der Waals surface area contributed by atoms with Gasteiger partial charge in [-0.1, -0.05) is 58.5 Å². The Hall–Kier alpha value is -2.33. The summed E-state index contributed by atoms with van der Waals surface area (Å²) in [5, 5.41) is 0. The summed E-state index contributed by atoms with van der Waals surface area (Å²) in [5.74, 6) is 1.23. The predicted molar refractivity (Wildman–Crippen MR) is 126 cm³/mol. The number of aromatic nitrogens is 1. The van der Waals surface area contributed by atoms with Gasteiger partial charge in [-0.15, -0.1) is 0 Å². The molecule has 1 aromatic carbocycles. The van der Waals surface area contributed by atoms with Gasteiger partial charge in [-0.05, 0) is 55.2 Å². The van der Waals surface area contributed by atoms with Gasteiger partial charge in [0, 0.05) is 34.7 Å². The summed E-state index contributed by atoms with van der Waals surface area (Å²) in [7, 11) is 0. The van der Waals surface area contributed by atoms with Crippen LogP contribution < -0.4 is 5.73 Å². The van der Waals surface area contributed by atoms with Gasteiger partial charge in [-0.2, -0.15) is 0 Å².